The Kier molecular flexibility index (Phi) is 4.38. The Morgan fingerprint density at radius 2 is 2.28 bits per heavy atom. The van der Waals surface area contributed by atoms with Gasteiger partial charge in [0.1, 0.15) is 0 Å². The van der Waals surface area contributed by atoms with Gasteiger partial charge in [0.15, 0.2) is 0 Å². The third-order valence-corrected chi connectivity index (χ3v) is 3.70. The van der Waals surface area contributed by atoms with Crippen LogP contribution in [0.15, 0.2) is 6.07 Å². The minimum absolute atomic E-state index is 0.0871. The van der Waals surface area contributed by atoms with E-state index < -0.39 is 0 Å². The van der Waals surface area contributed by atoms with Crippen LogP contribution in [-0.2, 0) is 19.5 Å². The fourth-order valence-corrected chi connectivity index (χ4v) is 2.62. The monoisotopic (exact) mass is 246 g/mol. The molecule has 1 fully saturated rings. The average molecular weight is 246 g/mol. The maximum atomic E-state index is 9.20. The minimum Gasteiger partial charge on any atom is -0.282 e. The summed E-state index contributed by atoms with van der Waals surface area (Å²) >= 11 is 0. The molecule has 2 heterocycles. The summed E-state index contributed by atoms with van der Waals surface area (Å²) in [5.74, 6) is 0. The van der Waals surface area contributed by atoms with Gasteiger partial charge in [-0.2, -0.15) is 10.4 Å². The van der Waals surface area contributed by atoms with Crippen molar-refractivity contribution in [1.29, 1.82) is 5.26 Å². The van der Waals surface area contributed by atoms with Gasteiger partial charge >= 0.3 is 0 Å². The number of hydrogen-bond acceptors (Lipinski definition) is 3. The third-order valence-electron chi connectivity index (χ3n) is 3.70. The molecule has 1 unspecified atom stereocenters. The van der Waals surface area contributed by atoms with E-state index in [0.29, 0.717) is 0 Å². The fourth-order valence-electron chi connectivity index (χ4n) is 2.62. The summed E-state index contributed by atoms with van der Waals surface area (Å²) in [6.07, 6.45) is 4.38. The first-order valence-electron chi connectivity index (χ1n) is 6.97. The fraction of sp³-hybridized carbons (Fsp3) is 0.714. The number of aromatic nitrogens is 2. The molecule has 2 rings (SSSR count). The lowest BCUT2D eigenvalue weighted by Gasteiger charge is -2.31. The van der Waals surface area contributed by atoms with Crippen molar-refractivity contribution in [2.45, 2.75) is 58.7 Å². The van der Waals surface area contributed by atoms with Crippen LogP contribution in [-0.4, -0.2) is 27.3 Å². The van der Waals surface area contributed by atoms with E-state index >= 15 is 0 Å². The largest absolute Gasteiger partial charge is 0.282 e. The van der Waals surface area contributed by atoms with Crippen molar-refractivity contribution < 1.29 is 0 Å². The van der Waals surface area contributed by atoms with Gasteiger partial charge in [-0.25, -0.2) is 0 Å². The lowest BCUT2D eigenvalue weighted by molar-refractivity contribution is 0.171. The third kappa shape index (κ3) is 2.73. The van der Waals surface area contributed by atoms with Crippen LogP contribution in [0.25, 0.3) is 0 Å². The zero-order valence-corrected chi connectivity index (χ0v) is 11.4. The highest BCUT2D eigenvalue weighted by molar-refractivity contribution is 5.11. The summed E-state index contributed by atoms with van der Waals surface area (Å²) in [6, 6.07) is 4.70. The molecule has 4 heteroatoms. The number of rotatable bonds is 4. The van der Waals surface area contributed by atoms with Crippen LogP contribution in [0, 0.1) is 11.3 Å². The zero-order chi connectivity index (χ0) is 13.0. The number of piperidine rings is 1. The van der Waals surface area contributed by atoms with Gasteiger partial charge in [-0.15, -0.1) is 0 Å². The van der Waals surface area contributed by atoms with Gasteiger partial charge in [0.25, 0.3) is 0 Å². The van der Waals surface area contributed by atoms with Gasteiger partial charge in [-0.3, -0.25) is 9.58 Å². The Labute approximate surface area is 109 Å². The summed E-state index contributed by atoms with van der Waals surface area (Å²) in [4.78, 5) is 2.30. The Bertz CT molecular complexity index is 429. The highest BCUT2D eigenvalue weighted by atomic mass is 15.3. The van der Waals surface area contributed by atoms with E-state index in [-0.39, 0.29) is 6.04 Å². The normalized spacial score (nSPS) is 20.8. The maximum Gasteiger partial charge on any atom is 0.0981 e. The van der Waals surface area contributed by atoms with Gasteiger partial charge in [0.05, 0.1) is 23.5 Å². The molecular formula is C14H22N4. The first-order chi connectivity index (χ1) is 8.78. The van der Waals surface area contributed by atoms with Crippen molar-refractivity contribution >= 4 is 0 Å². The highest BCUT2D eigenvalue weighted by Gasteiger charge is 2.23. The van der Waals surface area contributed by atoms with E-state index in [1.807, 2.05) is 0 Å². The van der Waals surface area contributed by atoms with Crippen LogP contribution in [0.1, 0.15) is 44.5 Å². The van der Waals surface area contributed by atoms with Crippen LogP contribution in [0.5, 0.6) is 0 Å². The van der Waals surface area contributed by atoms with Crippen molar-refractivity contribution in [3.05, 3.63) is 17.5 Å². The molecule has 98 valence electrons. The van der Waals surface area contributed by atoms with E-state index in [1.165, 1.54) is 18.5 Å². The van der Waals surface area contributed by atoms with Crippen LogP contribution >= 0.6 is 0 Å². The van der Waals surface area contributed by atoms with Gasteiger partial charge in [-0.1, -0.05) is 6.92 Å². The molecule has 0 N–H and O–H groups in total. The smallest absolute Gasteiger partial charge is 0.0981 e. The molecule has 0 bridgehead atoms. The molecule has 1 saturated heterocycles. The van der Waals surface area contributed by atoms with Crippen LogP contribution in [0.4, 0.5) is 0 Å². The maximum absolute atomic E-state index is 9.20. The Hall–Kier alpha value is -1.34. The van der Waals surface area contributed by atoms with Gasteiger partial charge < -0.3 is 0 Å². The number of aryl methyl sites for hydroxylation is 2. The Morgan fingerprint density at radius 3 is 2.94 bits per heavy atom. The number of likely N-dealkylation sites (tertiary alicyclic amines) is 1. The van der Waals surface area contributed by atoms with E-state index in [0.717, 1.165) is 38.2 Å². The van der Waals surface area contributed by atoms with Crippen molar-refractivity contribution in [1.82, 2.24) is 14.7 Å². The minimum atomic E-state index is 0.0871. The lowest BCUT2D eigenvalue weighted by Crippen LogP contribution is -2.38. The first-order valence-corrected chi connectivity index (χ1v) is 6.97. The molecule has 0 spiro atoms. The van der Waals surface area contributed by atoms with Crippen LogP contribution in [0.2, 0.25) is 0 Å². The van der Waals surface area contributed by atoms with E-state index in [1.54, 1.807) is 0 Å². The SMILES string of the molecule is CCc1cc(CN2CCCCC2C#N)n(CC)n1. The van der Waals surface area contributed by atoms with Gasteiger partial charge in [0.2, 0.25) is 0 Å². The molecule has 1 aromatic heterocycles. The molecule has 18 heavy (non-hydrogen) atoms. The summed E-state index contributed by atoms with van der Waals surface area (Å²) < 4.78 is 2.07. The van der Waals surface area contributed by atoms with Crippen molar-refractivity contribution in [2.24, 2.45) is 0 Å². The number of nitriles is 1. The molecule has 1 atom stereocenters. The van der Waals surface area contributed by atoms with Crippen molar-refractivity contribution in [2.75, 3.05) is 6.54 Å². The first kappa shape index (κ1) is 13.1. The molecule has 0 aliphatic carbocycles. The summed E-state index contributed by atoms with van der Waals surface area (Å²) in [5, 5.41) is 13.8. The number of hydrogen-bond donors (Lipinski definition) is 0. The predicted octanol–water partition coefficient (Wildman–Crippen LogP) is 2.34. The van der Waals surface area contributed by atoms with E-state index in [4.69, 9.17) is 0 Å². The molecule has 1 aliphatic heterocycles. The summed E-state index contributed by atoms with van der Waals surface area (Å²) in [5.41, 5.74) is 2.40. The second kappa shape index (κ2) is 6.01. The molecule has 4 nitrogen and oxygen atoms in total. The molecule has 1 aliphatic rings. The second-order valence-electron chi connectivity index (χ2n) is 4.91. The second-order valence-corrected chi connectivity index (χ2v) is 4.91. The topological polar surface area (TPSA) is 44.9 Å². The van der Waals surface area contributed by atoms with Gasteiger partial charge in [-0.05, 0) is 45.2 Å². The lowest BCUT2D eigenvalue weighted by atomic mass is 10.0. The molecule has 0 amide bonds. The Morgan fingerprint density at radius 1 is 1.44 bits per heavy atom. The van der Waals surface area contributed by atoms with E-state index in [2.05, 4.69) is 40.7 Å². The van der Waals surface area contributed by atoms with Crippen LogP contribution in [0.3, 0.4) is 0 Å². The molecule has 0 radical (unpaired) electrons. The predicted molar refractivity (Wildman–Crippen MR) is 70.9 cm³/mol. The van der Waals surface area contributed by atoms with E-state index in [9.17, 15) is 5.26 Å². The highest BCUT2D eigenvalue weighted by Crippen LogP contribution is 2.19. The average Bonchev–Trinajstić information content (AvgIpc) is 2.81. The summed E-state index contributed by atoms with van der Waals surface area (Å²) in [7, 11) is 0. The molecule has 0 aromatic carbocycles. The molecule has 1 aromatic rings. The van der Waals surface area contributed by atoms with Gasteiger partial charge in [0, 0.05) is 13.1 Å². The Balaban J connectivity index is 2.12. The molecule has 0 saturated carbocycles. The number of nitrogens with zero attached hydrogens (tertiary/aromatic N) is 4. The standard InChI is InChI=1S/C14H22N4/c1-3-12-9-14(18(4-2)16-12)11-17-8-6-5-7-13(17)10-15/h9,13H,3-8,11H2,1-2H3. The summed E-state index contributed by atoms with van der Waals surface area (Å²) in [6.45, 7) is 7.05. The quantitative estimate of drug-likeness (QED) is 0.819. The molecular weight excluding hydrogens is 224 g/mol. The zero-order valence-electron chi connectivity index (χ0n) is 11.4. The van der Waals surface area contributed by atoms with Crippen molar-refractivity contribution in [3.63, 3.8) is 0 Å². The van der Waals surface area contributed by atoms with Crippen molar-refractivity contribution in [3.8, 4) is 6.07 Å². The van der Waals surface area contributed by atoms with Crippen LogP contribution < -0.4 is 0 Å².